The van der Waals surface area contributed by atoms with Crippen molar-refractivity contribution in [1.29, 1.82) is 0 Å². The maximum Gasteiger partial charge on any atom is 0.217 e. The Balaban J connectivity index is 2.75. The molecule has 0 fully saturated rings. The Hall–Kier alpha value is -1.35. The molecule has 0 radical (unpaired) electrons. The molecule has 1 amide bonds. The van der Waals surface area contributed by atoms with Gasteiger partial charge in [0.05, 0.1) is 12.1 Å². The predicted molar refractivity (Wildman–Crippen MR) is 59.3 cm³/mol. The number of carbonyl (C=O) groups excluding carboxylic acids is 1. The molecule has 0 heterocycles. The largest absolute Gasteiger partial charge is 0.389 e. The molecule has 0 bridgehead atoms. The molecule has 2 atom stereocenters. The van der Waals surface area contributed by atoms with Crippen molar-refractivity contribution in [2.24, 2.45) is 0 Å². The Morgan fingerprint density at radius 3 is 2.07 bits per heavy atom. The molecular weight excluding hydrogens is 190 g/mol. The number of aliphatic hydroxyl groups is 1. The highest BCUT2D eigenvalue weighted by atomic mass is 16.3. The molecule has 1 aromatic rings. The van der Waals surface area contributed by atoms with Gasteiger partial charge in [-0.2, -0.15) is 0 Å². The van der Waals surface area contributed by atoms with Crippen molar-refractivity contribution in [3.05, 3.63) is 35.4 Å². The minimum absolute atomic E-state index is 0.00514. The van der Waals surface area contributed by atoms with E-state index in [9.17, 15) is 9.90 Å². The standard InChI is InChI=1S/C12H17NO2/c1-8(13-10(3)15)11-4-6-12(7-5-11)9(2)14/h4-9,14H,1-3H3,(H,13,15). The lowest BCUT2D eigenvalue weighted by molar-refractivity contribution is -0.119. The normalized spacial score (nSPS) is 14.4. The van der Waals surface area contributed by atoms with E-state index in [0.717, 1.165) is 11.1 Å². The SMILES string of the molecule is CC(=O)NC(C)c1ccc(C(C)O)cc1. The Labute approximate surface area is 90.1 Å². The van der Waals surface area contributed by atoms with Crippen molar-refractivity contribution in [2.75, 3.05) is 0 Å². The van der Waals surface area contributed by atoms with Crippen molar-refractivity contribution in [3.8, 4) is 0 Å². The van der Waals surface area contributed by atoms with Gasteiger partial charge in [0, 0.05) is 6.92 Å². The highest BCUT2D eigenvalue weighted by Gasteiger charge is 2.07. The number of benzene rings is 1. The molecule has 15 heavy (non-hydrogen) atoms. The van der Waals surface area contributed by atoms with E-state index >= 15 is 0 Å². The fourth-order valence-electron chi connectivity index (χ4n) is 1.45. The maximum atomic E-state index is 10.9. The molecule has 0 saturated heterocycles. The van der Waals surface area contributed by atoms with Gasteiger partial charge in [0.15, 0.2) is 0 Å². The van der Waals surface area contributed by atoms with Gasteiger partial charge in [-0.25, -0.2) is 0 Å². The Bertz CT molecular complexity index is 330. The van der Waals surface area contributed by atoms with Crippen molar-refractivity contribution >= 4 is 5.91 Å². The molecule has 0 aliphatic rings. The van der Waals surface area contributed by atoms with Crippen molar-refractivity contribution in [1.82, 2.24) is 5.32 Å². The highest BCUT2D eigenvalue weighted by molar-refractivity contribution is 5.73. The third-order valence-electron chi connectivity index (χ3n) is 2.34. The zero-order valence-corrected chi connectivity index (χ0v) is 9.32. The van der Waals surface area contributed by atoms with Gasteiger partial charge < -0.3 is 10.4 Å². The quantitative estimate of drug-likeness (QED) is 0.795. The zero-order valence-electron chi connectivity index (χ0n) is 9.32. The van der Waals surface area contributed by atoms with Crippen LogP contribution < -0.4 is 5.32 Å². The van der Waals surface area contributed by atoms with Gasteiger partial charge in [0.1, 0.15) is 0 Å². The topological polar surface area (TPSA) is 49.3 Å². The van der Waals surface area contributed by atoms with Crippen LogP contribution in [0.25, 0.3) is 0 Å². The lowest BCUT2D eigenvalue weighted by atomic mass is 10.0. The smallest absolute Gasteiger partial charge is 0.217 e. The summed E-state index contributed by atoms with van der Waals surface area (Å²) in [6.45, 7) is 5.16. The number of hydrogen-bond donors (Lipinski definition) is 2. The van der Waals surface area contributed by atoms with E-state index in [0.29, 0.717) is 0 Å². The van der Waals surface area contributed by atoms with Gasteiger partial charge in [-0.1, -0.05) is 24.3 Å². The van der Waals surface area contributed by atoms with Crippen molar-refractivity contribution in [2.45, 2.75) is 32.9 Å². The van der Waals surface area contributed by atoms with E-state index < -0.39 is 6.10 Å². The number of nitrogens with one attached hydrogen (secondary N) is 1. The Morgan fingerprint density at radius 2 is 1.67 bits per heavy atom. The summed E-state index contributed by atoms with van der Waals surface area (Å²) >= 11 is 0. The van der Waals surface area contributed by atoms with Crippen LogP contribution >= 0.6 is 0 Å². The van der Waals surface area contributed by atoms with Crippen molar-refractivity contribution in [3.63, 3.8) is 0 Å². The molecule has 0 aliphatic heterocycles. The van der Waals surface area contributed by atoms with Crippen LogP contribution in [0, 0.1) is 0 Å². The van der Waals surface area contributed by atoms with Gasteiger partial charge in [0.25, 0.3) is 0 Å². The molecule has 0 aromatic heterocycles. The molecule has 82 valence electrons. The van der Waals surface area contributed by atoms with E-state index in [1.807, 2.05) is 31.2 Å². The molecule has 3 nitrogen and oxygen atoms in total. The number of hydrogen-bond acceptors (Lipinski definition) is 2. The van der Waals surface area contributed by atoms with Crippen LogP contribution in [0.3, 0.4) is 0 Å². The minimum Gasteiger partial charge on any atom is -0.389 e. The summed E-state index contributed by atoms with van der Waals surface area (Å²) in [6, 6.07) is 7.59. The summed E-state index contributed by atoms with van der Waals surface area (Å²) in [7, 11) is 0. The van der Waals surface area contributed by atoms with Gasteiger partial charge in [-0.3, -0.25) is 4.79 Å². The van der Waals surface area contributed by atoms with Crippen LogP contribution in [0.4, 0.5) is 0 Å². The van der Waals surface area contributed by atoms with Gasteiger partial charge in [-0.05, 0) is 25.0 Å². The lowest BCUT2D eigenvalue weighted by Gasteiger charge is -2.13. The van der Waals surface area contributed by atoms with E-state index in [2.05, 4.69) is 5.32 Å². The molecule has 0 saturated carbocycles. The third kappa shape index (κ3) is 3.36. The van der Waals surface area contributed by atoms with Crippen LogP contribution in [0.15, 0.2) is 24.3 Å². The van der Waals surface area contributed by atoms with E-state index in [1.54, 1.807) is 6.92 Å². The van der Waals surface area contributed by atoms with Crippen LogP contribution in [0.2, 0.25) is 0 Å². The fourth-order valence-corrected chi connectivity index (χ4v) is 1.45. The summed E-state index contributed by atoms with van der Waals surface area (Å²) < 4.78 is 0. The van der Waals surface area contributed by atoms with Crippen LogP contribution in [0.1, 0.15) is 44.0 Å². The number of rotatable bonds is 3. The number of carbonyl (C=O) groups is 1. The second-order valence-electron chi connectivity index (χ2n) is 3.76. The van der Waals surface area contributed by atoms with Gasteiger partial charge >= 0.3 is 0 Å². The molecule has 1 aromatic carbocycles. The Morgan fingerprint density at radius 1 is 1.20 bits per heavy atom. The summed E-state index contributed by atoms with van der Waals surface area (Å²) in [6.07, 6.45) is -0.449. The first-order valence-corrected chi connectivity index (χ1v) is 5.05. The van der Waals surface area contributed by atoms with Crippen LogP contribution in [-0.4, -0.2) is 11.0 Å². The zero-order chi connectivity index (χ0) is 11.4. The first kappa shape index (κ1) is 11.7. The maximum absolute atomic E-state index is 10.9. The molecule has 1 rings (SSSR count). The number of amides is 1. The molecule has 0 spiro atoms. The van der Waals surface area contributed by atoms with Gasteiger partial charge in [-0.15, -0.1) is 0 Å². The average Bonchev–Trinajstić information content (AvgIpc) is 2.17. The monoisotopic (exact) mass is 207 g/mol. The second kappa shape index (κ2) is 4.94. The van der Waals surface area contributed by atoms with E-state index in [-0.39, 0.29) is 11.9 Å². The van der Waals surface area contributed by atoms with Crippen LogP contribution in [-0.2, 0) is 4.79 Å². The fraction of sp³-hybridized carbons (Fsp3) is 0.417. The summed E-state index contributed by atoms with van der Waals surface area (Å²) in [4.78, 5) is 10.9. The third-order valence-corrected chi connectivity index (χ3v) is 2.34. The van der Waals surface area contributed by atoms with Crippen molar-refractivity contribution < 1.29 is 9.90 Å². The first-order chi connectivity index (χ1) is 7.00. The number of aliphatic hydroxyl groups excluding tert-OH is 1. The Kier molecular flexibility index (Phi) is 3.86. The molecule has 2 N–H and O–H groups in total. The predicted octanol–water partition coefficient (Wildman–Crippen LogP) is 1.94. The molecular formula is C12H17NO2. The van der Waals surface area contributed by atoms with E-state index in [1.165, 1.54) is 6.92 Å². The average molecular weight is 207 g/mol. The van der Waals surface area contributed by atoms with Gasteiger partial charge in [0.2, 0.25) is 5.91 Å². The molecule has 0 aliphatic carbocycles. The highest BCUT2D eigenvalue weighted by Crippen LogP contribution is 2.17. The molecule has 3 heteroatoms. The molecule has 2 unspecified atom stereocenters. The van der Waals surface area contributed by atoms with Crippen LogP contribution in [0.5, 0.6) is 0 Å². The lowest BCUT2D eigenvalue weighted by Crippen LogP contribution is -2.23. The summed E-state index contributed by atoms with van der Waals surface area (Å²) in [5, 5.41) is 12.1. The minimum atomic E-state index is -0.449. The van der Waals surface area contributed by atoms with E-state index in [4.69, 9.17) is 0 Å². The second-order valence-corrected chi connectivity index (χ2v) is 3.76. The first-order valence-electron chi connectivity index (χ1n) is 5.05. The summed E-state index contributed by atoms with van der Waals surface area (Å²) in [5.74, 6) is -0.0397. The summed E-state index contributed by atoms with van der Waals surface area (Å²) in [5.41, 5.74) is 1.92.